The van der Waals surface area contributed by atoms with E-state index in [1.807, 2.05) is 44.2 Å². The molecule has 1 rings (SSSR count). The monoisotopic (exact) mass is 261 g/mol. The van der Waals surface area contributed by atoms with Gasteiger partial charge in [-0.3, -0.25) is 0 Å². The van der Waals surface area contributed by atoms with Crippen molar-refractivity contribution in [1.29, 1.82) is 0 Å². The van der Waals surface area contributed by atoms with Crippen LogP contribution in [-0.4, -0.2) is 24.0 Å². The highest BCUT2D eigenvalue weighted by Crippen LogP contribution is 2.14. The van der Waals surface area contributed by atoms with Gasteiger partial charge < -0.3 is 0 Å². The van der Waals surface area contributed by atoms with Crippen molar-refractivity contribution in [3.63, 3.8) is 0 Å². The van der Waals surface area contributed by atoms with Crippen LogP contribution in [0.25, 0.3) is 0 Å². The van der Waals surface area contributed by atoms with Crippen LogP contribution in [0.1, 0.15) is 19.4 Å². The first-order valence-electron chi connectivity index (χ1n) is 5.07. The van der Waals surface area contributed by atoms with Crippen molar-refractivity contribution in [1.82, 2.24) is 4.31 Å². The largest absolute Gasteiger partial charge is 0.228 e. The van der Waals surface area contributed by atoms with Crippen LogP contribution in [0.4, 0.5) is 0 Å². The molecule has 5 heteroatoms. The summed E-state index contributed by atoms with van der Waals surface area (Å²) in [4.78, 5) is 0. The van der Waals surface area contributed by atoms with Gasteiger partial charge in [-0.15, -0.1) is 11.6 Å². The standard InChI is InChI=1S/C11H16ClNO2S/c1-10(2)13(16(14,15)9-12)8-11-6-4-3-5-7-11/h3-7,10H,8-9H2,1-2H3. The number of rotatable bonds is 5. The van der Waals surface area contributed by atoms with Gasteiger partial charge in [0.2, 0.25) is 10.0 Å². The lowest BCUT2D eigenvalue weighted by Crippen LogP contribution is -2.36. The maximum atomic E-state index is 11.7. The Kier molecular flexibility index (Phi) is 4.77. The van der Waals surface area contributed by atoms with E-state index in [4.69, 9.17) is 11.6 Å². The Morgan fingerprint density at radius 1 is 1.25 bits per heavy atom. The Labute approximate surface area is 102 Å². The summed E-state index contributed by atoms with van der Waals surface area (Å²) in [5, 5.41) is -0.377. The highest BCUT2D eigenvalue weighted by Gasteiger charge is 2.23. The molecule has 16 heavy (non-hydrogen) atoms. The first-order valence-corrected chi connectivity index (χ1v) is 7.21. The molecule has 0 aliphatic heterocycles. The molecule has 0 fully saturated rings. The molecule has 0 aliphatic rings. The summed E-state index contributed by atoms with van der Waals surface area (Å²) in [7, 11) is -3.36. The minimum Gasteiger partial charge on any atom is -0.211 e. The van der Waals surface area contributed by atoms with Crippen LogP contribution < -0.4 is 0 Å². The van der Waals surface area contributed by atoms with Crippen LogP contribution >= 0.6 is 11.6 Å². The first kappa shape index (κ1) is 13.5. The summed E-state index contributed by atoms with van der Waals surface area (Å²) in [6.45, 7) is 4.05. The Morgan fingerprint density at radius 3 is 2.25 bits per heavy atom. The lowest BCUT2D eigenvalue weighted by Gasteiger charge is -2.24. The Hall–Kier alpha value is -0.580. The number of benzene rings is 1. The Morgan fingerprint density at radius 2 is 1.81 bits per heavy atom. The van der Waals surface area contributed by atoms with E-state index in [0.717, 1.165) is 5.56 Å². The topological polar surface area (TPSA) is 37.4 Å². The van der Waals surface area contributed by atoms with Crippen molar-refractivity contribution >= 4 is 21.6 Å². The highest BCUT2D eigenvalue weighted by molar-refractivity contribution is 7.90. The predicted octanol–water partition coefficient (Wildman–Crippen LogP) is 2.42. The van der Waals surface area contributed by atoms with Gasteiger partial charge in [-0.2, -0.15) is 4.31 Å². The number of sulfonamides is 1. The summed E-state index contributed by atoms with van der Waals surface area (Å²) >= 11 is 5.47. The number of alkyl halides is 1. The van der Waals surface area contributed by atoms with Gasteiger partial charge in [0.25, 0.3) is 0 Å². The van der Waals surface area contributed by atoms with Crippen LogP contribution in [0.2, 0.25) is 0 Å². The third kappa shape index (κ3) is 3.47. The second-order valence-electron chi connectivity index (χ2n) is 3.85. The molecule has 0 N–H and O–H groups in total. The zero-order valence-corrected chi connectivity index (χ0v) is 11.0. The Bertz CT molecular complexity index is 417. The van der Waals surface area contributed by atoms with Crippen LogP contribution in [0.3, 0.4) is 0 Å². The average Bonchev–Trinajstić information content (AvgIpc) is 2.26. The summed E-state index contributed by atoms with van der Waals surface area (Å²) in [6.07, 6.45) is 0. The van der Waals surface area contributed by atoms with E-state index in [0.29, 0.717) is 6.54 Å². The van der Waals surface area contributed by atoms with Crippen molar-refractivity contribution in [3.8, 4) is 0 Å². The zero-order chi connectivity index (χ0) is 12.2. The fourth-order valence-corrected chi connectivity index (χ4v) is 2.92. The molecule has 0 aromatic heterocycles. The van der Waals surface area contributed by atoms with E-state index in [1.54, 1.807) is 0 Å². The molecule has 0 aliphatic carbocycles. The van der Waals surface area contributed by atoms with Crippen LogP contribution in [-0.2, 0) is 16.6 Å². The molecule has 0 atom stereocenters. The highest BCUT2D eigenvalue weighted by atomic mass is 35.5. The smallest absolute Gasteiger partial charge is 0.211 e. The molecule has 0 amide bonds. The van der Waals surface area contributed by atoms with Gasteiger partial charge in [0.1, 0.15) is 5.21 Å². The molecule has 0 unspecified atom stereocenters. The molecule has 0 spiro atoms. The van der Waals surface area contributed by atoms with Crippen LogP contribution in [0.5, 0.6) is 0 Å². The van der Waals surface area contributed by atoms with E-state index in [9.17, 15) is 8.42 Å². The molecule has 90 valence electrons. The van der Waals surface area contributed by atoms with Crippen molar-refractivity contribution in [3.05, 3.63) is 35.9 Å². The second-order valence-corrected chi connectivity index (χ2v) is 6.35. The van der Waals surface area contributed by atoms with Gasteiger partial charge in [0, 0.05) is 12.6 Å². The van der Waals surface area contributed by atoms with Crippen molar-refractivity contribution < 1.29 is 8.42 Å². The van der Waals surface area contributed by atoms with Gasteiger partial charge in [0.15, 0.2) is 0 Å². The minimum absolute atomic E-state index is 0.0936. The molecule has 0 heterocycles. The predicted molar refractivity (Wildman–Crippen MR) is 66.8 cm³/mol. The lowest BCUT2D eigenvalue weighted by atomic mass is 10.2. The average molecular weight is 262 g/mol. The normalized spacial score (nSPS) is 12.3. The quantitative estimate of drug-likeness (QED) is 0.764. The molecule has 0 saturated heterocycles. The third-order valence-electron chi connectivity index (χ3n) is 2.25. The van der Waals surface area contributed by atoms with Gasteiger partial charge in [-0.25, -0.2) is 8.42 Å². The molecule has 0 saturated carbocycles. The van der Waals surface area contributed by atoms with Crippen LogP contribution in [0.15, 0.2) is 30.3 Å². The fourth-order valence-electron chi connectivity index (χ4n) is 1.43. The van der Waals surface area contributed by atoms with E-state index < -0.39 is 10.0 Å². The molecule has 0 bridgehead atoms. The van der Waals surface area contributed by atoms with Crippen molar-refractivity contribution in [2.24, 2.45) is 0 Å². The SMILES string of the molecule is CC(C)N(Cc1ccccc1)S(=O)(=O)CCl. The van der Waals surface area contributed by atoms with E-state index in [1.165, 1.54) is 4.31 Å². The van der Waals surface area contributed by atoms with E-state index in [2.05, 4.69) is 0 Å². The Balaban J connectivity index is 2.90. The maximum absolute atomic E-state index is 11.7. The molecule has 1 aromatic rings. The molecular weight excluding hydrogens is 246 g/mol. The third-order valence-corrected chi connectivity index (χ3v) is 4.62. The van der Waals surface area contributed by atoms with Gasteiger partial charge >= 0.3 is 0 Å². The van der Waals surface area contributed by atoms with Gasteiger partial charge in [0.05, 0.1) is 0 Å². The van der Waals surface area contributed by atoms with Crippen molar-refractivity contribution in [2.45, 2.75) is 26.4 Å². The zero-order valence-electron chi connectivity index (χ0n) is 9.43. The maximum Gasteiger partial charge on any atom is 0.228 e. The van der Waals surface area contributed by atoms with Crippen molar-refractivity contribution in [2.75, 3.05) is 5.21 Å². The second kappa shape index (κ2) is 5.66. The number of nitrogens with zero attached hydrogens (tertiary/aromatic N) is 1. The van der Waals surface area contributed by atoms with Crippen LogP contribution in [0, 0.1) is 0 Å². The van der Waals surface area contributed by atoms with Gasteiger partial charge in [-0.05, 0) is 19.4 Å². The number of hydrogen-bond acceptors (Lipinski definition) is 2. The fraction of sp³-hybridized carbons (Fsp3) is 0.455. The van der Waals surface area contributed by atoms with E-state index >= 15 is 0 Å². The van der Waals surface area contributed by atoms with Gasteiger partial charge in [-0.1, -0.05) is 30.3 Å². The summed E-state index contributed by atoms with van der Waals surface area (Å²) in [5.74, 6) is 0. The number of halogens is 1. The van der Waals surface area contributed by atoms with E-state index in [-0.39, 0.29) is 11.3 Å². The molecular formula is C11H16ClNO2S. The summed E-state index contributed by atoms with van der Waals surface area (Å²) in [5.41, 5.74) is 0.963. The molecule has 0 radical (unpaired) electrons. The first-order chi connectivity index (χ1) is 7.47. The number of hydrogen-bond donors (Lipinski definition) is 0. The summed E-state index contributed by atoms with van der Waals surface area (Å²) < 4.78 is 24.9. The summed E-state index contributed by atoms with van der Waals surface area (Å²) in [6, 6.07) is 9.39. The minimum atomic E-state index is -3.36. The lowest BCUT2D eigenvalue weighted by molar-refractivity contribution is 0.350. The molecule has 3 nitrogen and oxygen atoms in total. The molecule has 1 aromatic carbocycles.